The minimum absolute atomic E-state index is 0.125. The van der Waals surface area contributed by atoms with Crippen molar-refractivity contribution in [2.75, 3.05) is 31.7 Å². The number of piperidine rings is 1. The average Bonchev–Trinajstić information content (AvgIpc) is 3.63. The van der Waals surface area contributed by atoms with Crippen molar-refractivity contribution in [3.8, 4) is 16.9 Å². The van der Waals surface area contributed by atoms with Crippen LogP contribution in [-0.4, -0.2) is 62.8 Å². The molecule has 1 saturated heterocycles. The second-order valence-corrected chi connectivity index (χ2v) is 10.7. The van der Waals surface area contributed by atoms with Crippen LogP contribution in [0.4, 0.5) is 5.82 Å². The molecule has 214 valence electrons. The van der Waals surface area contributed by atoms with Crippen molar-refractivity contribution in [2.24, 2.45) is 0 Å². The molecule has 9 nitrogen and oxygen atoms in total. The Bertz CT molecular complexity index is 1560. The van der Waals surface area contributed by atoms with Crippen molar-refractivity contribution in [2.45, 2.75) is 51.6 Å². The molecule has 0 spiro atoms. The number of fused-ring (bicyclic) bond motifs is 1. The Morgan fingerprint density at radius 2 is 1.93 bits per heavy atom. The SMILES string of the molecule is C=CCCc1ccn(-c2cccc(-c3cc4nc(C)c(CC(=O)OC)c(N5CCC(C)(OCC=C)CC5)n4n3)c2)n1. The lowest BCUT2D eigenvalue weighted by Crippen LogP contribution is -2.45. The monoisotopic (exact) mass is 554 g/mol. The van der Waals surface area contributed by atoms with Gasteiger partial charge in [-0.3, -0.25) is 4.79 Å². The van der Waals surface area contributed by atoms with Crippen LogP contribution in [0.1, 0.15) is 43.1 Å². The smallest absolute Gasteiger partial charge is 0.310 e. The first-order valence-corrected chi connectivity index (χ1v) is 14.1. The fourth-order valence-electron chi connectivity index (χ4n) is 5.32. The summed E-state index contributed by atoms with van der Waals surface area (Å²) >= 11 is 0. The number of carbonyl (C=O) groups is 1. The second kappa shape index (κ2) is 12.1. The molecule has 4 heterocycles. The van der Waals surface area contributed by atoms with E-state index in [2.05, 4.69) is 31.0 Å². The summed E-state index contributed by atoms with van der Waals surface area (Å²) in [6.07, 6.45) is 9.24. The number of hydrogen-bond acceptors (Lipinski definition) is 7. The normalized spacial score (nSPS) is 14.8. The molecule has 0 radical (unpaired) electrons. The third-order valence-electron chi connectivity index (χ3n) is 7.75. The van der Waals surface area contributed by atoms with Gasteiger partial charge >= 0.3 is 5.97 Å². The van der Waals surface area contributed by atoms with E-state index in [4.69, 9.17) is 24.7 Å². The lowest BCUT2D eigenvalue weighted by molar-refractivity contribution is -0.139. The van der Waals surface area contributed by atoms with E-state index in [1.165, 1.54) is 7.11 Å². The van der Waals surface area contributed by atoms with Crippen LogP contribution in [-0.2, 0) is 27.1 Å². The summed E-state index contributed by atoms with van der Waals surface area (Å²) in [6.45, 7) is 13.7. The highest BCUT2D eigenvalue weighted by molar-refractivity contribution is 5.76. The summed E-state index contributed by atoms with van der Waals surface area (Å²) < 4.78 is 14.9. The Morgan fingerprint density at radius 1 is 1.12 bits per heavy atom. The van der Waals surface area contributed by atoms with Crippen LogP contribution in [0.25, 0.3) is 22.6 Å². The Labute approximate surface area is 241 Å². The molecule has 0 amide bonds. The van der Waals surface area contributed by atoms with Crippen LogP contribution in [0.3, 0.4) is 0 Å². The van der Waals surface area contributed by atoms with Gasteiger partial charge in [-0.15, -0.1) is 13.2 Å². The highest BCUT2D eigenvalue weighted by atomic mass is 16.5. The molecule has 5 rings (SSSR count). The van der Waals surface area contributed by atoms with Gasteiger partial charge in [-0.1, -0.05) is 24.3 Å². The van der Waals surface area contributed by atoms with Gasteiger partial charge in [0.25, 0.3) is 0 Å². The van der Waals surface area contributed by atoms with Gasteiger partial charge in [-0.2, -0.15) is 14.7 Å². The van der Waals surface area contributed by atoms with Crippen molar-refractivity contribution in [1.82, 2.24) is 24.4 Å². The first-order valence-electron chi connectivity index (χ1n) is 14.1. The topological polar surface area (TPSA) is 86.8 Å². The van der Waals surface area contributed by atoms with Crippen LogP contribution in [0, 0.1) is 6.92 Å². The molecule has 0 bridgehead atoms. The molecule has 3 aromatic heterocycles. The number of nitrogens with zero attached hydrogens (tertiary/aromatic N) is 6. The Morgan fingerprint density at radius 3 is 2.66 bits per heavy atom. The molecular weight excluding hydrogens is 516 g/mol. The van der Waals surface area contributed by atoms with Gasteiger partial charge < -0.3 is 14.4 Å². The van der Waals surface area contributed by atoms with E-state index in [1.807, 2.05) is 58.7 Å². The fraction of sp³-hybridized carbons (Fsp3) is 0.375. The Balaban J connectivity index is 1.52. The number of benzene rings is 1. The maximum Gasteiger partial charge on any atom is 0.310 e. The summed E-state index contributed by atoms with van der Waals surface area (Å²) in [6, 6.07) is 12.2. The number of methoxy groups -OCH3 is 1. The van der Waals surface area contributed by atoms with Gasteiger partial charge in [0.15, 0.2) is 5.65 Å². The molecule has 9 heteroatoms. The van der Waals surface area contributed by atoms with Crippen molar-refractivity contribution in [1.29, 1.82) is 0 Å². The molecule has 41 heavy (non-hydrogen) atoms. The summed E-state index contributed by atoms with van der Waals surface area (Å²) in [7, 11) is 1.41. The van der Waals surface area contributed by atoms with Crippen LogP contribution in [0.15, 0.2) is 67.9 Å². The van der Waals surface area contributed by atoms with Gasteiger partial charge in [0.1, 0.15) is 5.82 Å². The average molecular weight is 555 g/mol. The zero-order valence-electron chi connectivity index (χ0n) is 24.2. The summed E-state index contributed by atoms with van der Waals surface area (Å²) in [5.74, 6) is 0.573. The lowest BCUT2D eigenvalue weighted by atomic mass is 9.93. The van der Waals surface area contributed by atoms with Crippen molar-refractivity contribution in [3.05, 3.63) is 84.9 Å². The number of aryl methyl sites for hydroxylation is 2. The number of allylic oxidation sites excluding steroid dienone is 1. The molecule has 0 N–H and O–H groups in total. The molecule has 0 aliphatic carbocycles. The van der Waals surface area contributed by atoms with Gasteiger partial charge in [0.2, 0.25) is 0 Å². The number of carbonyl (C=O) groups excluding carboxylic acids is 1. The molecular formula is C32H38N6O3. The summed E-state index contributed by atoms with van der Waals surface area (Å²) in [4.78, 5) is 19.6. The lowest BCUT2D eigenvalue weighted by Gasteiger charge is -2.40. The first kappa shape index (κ1) is 28.3. The number of esters is 1. The van der Waals surface area contributed by atoms with E-state index in [1.54, 1.807) is 6.08 Å². The molecule has 1 fully saturated rings. The number of aromatic nitrogens is 5. The van der Waals surface area contributed by atoms with Gasteiger partial charge in [-0.25, -0.2) is 9.67 Å². The number of rotatable bonds is 11. The molecule has 0 atom stereocenters. The highest BCUT2D eigenvalue weighted by Gasteiger charge is 2.33. The zero-order valence-corrected chi connectivity index (χ0v) is 24.2. The minimum atomic E-state index is -0.307. The molecule has 0 saturated carbocycles. The molecule has 1 aliphatic heterocycles. The Hall–Kier alpha value is -4.24. The molecule has 1 aliphatic rings. The van der Waals surface area contributed by atoms with E-state index < -0.39 is 0 Å². The predicted octanol–water partition coefficient (Wildman–Crippen LogP) is 5.29. The maximum atomic E-state index is 12.4. The molecule has 1 aromatic carbocycles. The maximum absolute atomic E-state index is 12.4. The number of anilines is 1. The van der Waals surface area contributed by atoms with Crippen LogP contribution < -0.4 is 4.90 Å². The van der Waals surface area contributed by atoms with Crippen LogP contribution in [0.2, 0.25) is 0 Å². The molecule has 4 aromatic rings. The standard InChI is InChI=1S/C32H38N6O3/c1-6-8-11-25-13-16-37(34-25)26-12-9-10-24(20-26)28-22-29-33-23(3)27(21-30(39)40-5)31(38(29)35-28)36-17-14-32(4,15-18-36)41-19-7-2/h6-7,9-10,12-13,16,20,22H,1-2,8,11,14-15,17-19,21H2,3-5H3. The predicted molar refractivity (Wildman–Crippen MR) is 161 cm³/mol. The van der Waals surface area contributed by atoms with E-state index in [9.17, 15) is 4.79 Å². The van der Waals surface area contributed by atoms with Gasteiger partial charge in [-0.05, 0) is 57.7 Å². The van der Waals surface area contributed by atoms with Crippen LogP contribution in [0.5, 0.6) is 0 Å². The van der Waals surface area contributed by atoms with E-state index >= 15 is 0 Å². The summed E-state index contributed by atoms with van der Waals surface area (Å²) in [5.41, 5.74) is 5.86. The zero-order chi connectivity index (χ0) is 29.0. The third-order valence-corrected chi connectivity index (χ3v) is 7.75. The number of hydrogen-bond donors (Lipinski definition) is 0. The Kier molecular flexibility index (Phi) is 8.35. The van der Waals surface area contributed by atoms with Crippen molar-refractivity contribution in [3.63, 3.8) is 0 Å². The summed E-state index contributed by atoms with van der Waals surface area (Å²) in [5, 5.41) is 9.76. The first-order chi connectivity index (χ1) is 19.8. The largest absolute Gasteiger partial charge is 0.469 e. The van der Waals surface area contributed by atoms with E-state index in [-0.39, 0.29) is 18.0 Å². The van der Waals surface area contributed by atoms with Crippen LogP contribution >= 0.6 is 0 Å². The van der Waals surface area contributed by atoms with E-state index in [0.29, 0.717) is 6.61 Å². The molecule has 0 unspecified atom stereocenters. The fourth-order valence-corrected chi connectivity index (χ4v) is 5.32. The van der Waals surface area contributed by atoms with Gasteiger partial charge in [0, 0.05) is 42.2 Å². The van der Waals surface area contributed by atoms with Gasteiger partial charge in [0.05, 0.1) is 42.8 Å². The quantitative estimate of drug-likeness (QED) is 0.184. The number of ether oxygens (including phenoxy) is 2. The minimum Gasteiger partial charge on any atom is -0.469 e. The highest BCUT2D eigenvalue weighted by Crippen LogP contribution is 2.34. The third kappa shape index (κ3) is 6.10. The van der Waals surface area contributed by atoms with E-state index in [0.717, 1.165) is 84.1 Å². The van der Waals surface area contributed by atoms with Crippen molar-refractivity contribution < 1.29 is 14.3 Å². The second-order valence-electron chi connectivity index (χ2n) is 10.7. The van der Waals surface area contributed by atoms with Crippen molar-refractivity contribution >= 4 is 17.4 Å².